The summed E-state index contributed by atoms with van der Waals surface area (Å²) >= 11 is 1.56. The minimum Gasteiger partial charge on any atom is -0.465 e. The number of likely N-dealkylation sites (tertiary alicyclic amines) is 1. The normalized spacial score (nSPS) is 19.3. The molecule has 1 saturated heterocycles. The van der Waals surface area contributed by atoms with E-state index in [1.54, 1.807) is 11.3 Å². The van der Waals surface area contributed by atoms with Gasteiger partial charge in [-0.2, -0.15) is 0 Å². The Kier molecular flexibility index (Phi) is 2.89. The number of carbonyl (C=O) groups is 1. The first kappa shape index (κ1) is 12.3. The van der Waals surface area contributed by atoms with Gasteiger partial charge in [-0.05, 0) is 38.3 Å². The third-order valence-corrected chi connectivity index (χ3v) is 4.72. The van der Waals surface area contributed by atoms with Crippen LogP contribution < -0.4 is 0 Å². The fraction of sp³-hybridized carbons (Fsp3) is 0.462. The van der Waals surface area contributed by atoms with Crippen molar-refractivity contribution in [2.45, 2.75) is 32.7 Å². The lowest BCUT2D eigenvalue weighted by molar-refractivity contribution is 0.140. The van der Waals surface area contributed by atoms with Gasteiger partial charge in [0.2, 0.25) is 0 Å². The Morgan fingerprint density at radius 2 is 2.26 bits per heavy atom. The van der Waals surface area contributed by atoms with Gasteiger partial charge in [-0.25, -0.2) is 14.8 Å². The van der Waals surface area contributed by atoms with Crippen molar-refractivity contribution < 1.29 is 9.90 Å². The van der Waals surface area contributed by atoms with Gasteiger partial charge < -0.3 is 5.11 Å². The van der Waals surface area contributed by atoms with E-state index in [0.717, 1.165) is 39.5 Å². The fourth-order valence-electron chi connectivity index (χ4n) is 2.46. The molecule has 1 atom stereocenters. The van der Waals surface area contributed by atoms with Gasteiger partial charge in [0, 0.05) is 12.2 Å². The van der Waals surface area contributed by atoms with Crippen molar-refractivity contribution >= 4 is 27.8 Å². The summed E-state index contributed by atoms with van der Waals surface area (Å²) in [4.78, 5) is 21.7. The predicted octanol–water partition coefficient (Wildman–Crippen LogP) is 3.12. The minimum absolute atomic E-state index is 0.0997. The molecular weight excluding hydrogens is 262 g/mol. The highest BCUT2D eigenvalue weighted by molar-refractivity contribution is 7.18. The number of aryl methyl sites for hydroxylation is 2. The molecule has 19 heavy (non-hydrogen) atoms. The third-order valence-electron chi connectivity index (χ3n) is 3.63. The van der Waals surface area contributed by atoms with Crippen LogP contribution in [0.5, 0.6) is 0 Å². The van der Waals surface area contributed by atoms with Crippen molar-refractivity contribution in [1.82, 2.24) is 14.9 Å². The van der Waals surface area contributed by atoms with E-state index < -0.39 is 6.09 Å². The van der Waals surface area contributed by atoms with Crippen molar-refractivity contribution in [2.24, 2.45) is 0 Å². The molecule has 1 N–H and O–H groups in total. The zero-order valence-corrected chi connectivity index (χ0v) is 11.7. The van der Waals surface area contributed by atoms with E-state index in [0.29, 0.717) is 6.54 Å². The van der Waals surface area contributed by atoms with Gasteiger partial charge >= 0.3 is 6.09 Å². The molecule has 0 aromatic carbocycles. The number of pyridine rings is 1. The van der Waals surface area contributed by atoms with Crippen LogP contribution in [0, 0.1) is 13.8 Å². The van der Waals surface area contributed by atoms with Crippen LogP contribution in [0.15, 0.2) is 6.07 Å². The Hall–Kier alpha value is -1.69. The molecule has 3 heterocycles. The van der Waals surface area contributed by atoms with E-state index in [1.165, 1.54) is 4.90 Å². The average molecular weight is 277 g/mol. The summed E-state index contributed by atoms with van der Waals surface area (Å²) < 4.78 is 1.04. The van der Waals surface area contributed by atoms with Crippen LogP contribution in [0.4, 0.5) is 4.79 Å². The predicted molar refractivity (Wildman–Crippen MR) is 73.6 cm³/mol. The third kappa shape index (κ3) is 2.06. The highest BCUT2D eigenvalue weighted by atomic mass is 32.1. The Bertz CT molecular complexity index is 614. The van der Waals surface area contributed by atoms with Crippen LogP contribution in [-0.4, -0.2) is 32.6 Å². The molecule has 0 saturated carbocycles. The molecule has 1 fully saturated rings. The number of thiazole rings is 1. The van der Waals surface area contributed by atoms with E-state index in [4.69, 9.17) is 0 Å². The topological polar surface area (TPSA) is 66.3 Å². The monoisotopic (exact) mass is 277 g/mol. The summed E-state index contributed by atoms with van der Waals surface area (Å²) in [5.41, 5.74) is 2.86. The van der Waals surface area contributed by atoms with Crippen molar-refractivity contribution in [3.63, 3.8) is 0 Å². The van der Waals surface area contributed by atoms with Gasteiger partial charge in [0.25, 0.3) is 0 Å². The number of hydrogen-bond acceptors (Lipinski definition) is 4. The van der Waals surface area contributed by atoms with Gasteiger partial charge in [-0.1, -0.05) is 0 Å². The molecule has 2 aromatic heterocycles. The average Bonchev–Trinajstić information content (AvgIpc) is 2.95. The smallest absolute Gasteiger partial charge is 0.407 e. The van der Waals surface area contributed by atoms with Crippen molar-refractivity contribution in [3.8, 4) is 0 Å². The molecule has 1 aliphatic heterocycles. The SMILES string of the molecule is Cc1cc2sc([C@H]3CCCN3C(=O)O)nc2nc1C. The van der Waals surface area contributed by atoms with Gasteiger partial charge in [0.1, 0.15) is 5.01 Å². The second-order valence-corrected chi connectivity index (χ2v) is 5.96. The summed E-state index contributed by atoms with van der Waals surface area (Å²) in [7, 11) is 0. The molecule has 0 radical (unpaired) electrons. The first-order chi connectivity index (χ1) is 9.06. The van der Waals surface area contributed by atoms with E-state index in [1.807, 2.05) is 13.8 Å². The molecule has 0 bridgehead atoms. The summed E-state index contributed by atoms with van der Waals surface area (Å²) in [6, 6.07) is 1.98. The van der Waals surface area contributed by atoms with Crippen LogP contribution >= 0.6 is 11.3 Å². The van der Waals surface area contributed by atoms with Crippen LogP contribution in [0.1, 0.15) is 35.1 Å². The Balaban J connectivity index is 2.03. The highest BCUT2D eigenvalue weighted by Gasteiger charge is 2.32. The van der Waals surface area contributed by atoms with Crippen molar-refractivity contribution in [3.05, 3.63) is 22.3 Å². The number of fused-ring (bicyclic) bond motifs is 1. The summed E-state index contributed by atoms with van der Waals surface area (Å²) in [5, 5.41) is 10.1. The van der Waals surface area contributed by atoms with Crippen molar-refractivity contribution in [2.75, 3.05) is 6.54 Å². The second-order valence-electron chi connectivity index (χ2n) is 4.90. The Morgan fingerprint density at radius 1 is 1.47 bits per heavy atom. The van der Waals surface area contributed by atoms with E-state index in [2.05, 4.69) is 16.0 Å². The largest absolute Gasteiger partial charge is 0.465 e. The summed E-state index contributed by atoms with van der Waals surface area (Å²) in [6.45, 7) is 4.59. The number of aromatic nitrogens is 2. The maximum absolute atomic E-state index is 11.2. The summed E-state index contributed by atoms with van der Waals surface area (Å²) in [6.07, 6.45) is 0.893. The quantitative estimate of drug-likeness (QED) is 0.869. The molecule has 6 heteroatoms. The van der Waals surface area contributed by atoms with E-state index in [9.17, 15) is 9.90 Å². The molecular formula is C13H15N3O2S. The maximum Gasteiger partial charge on any atom is 0.407 e. The van der Waals surface area contributed by atoms with Crippen LogP contribution in [-0.2, 0) is 0 Å². The Labute approximate surface area is 114 Å². The molecule has 5 nitrogen and oxygen atoms in total. The highest BCUT2D eigenvalue weighted by Crippen LogP contribution is 2.36. The molecule has 3 rings (SSSR count). The zero-order valence-electron chi connectivity index (χ0n) is 10.9. The zero-order chi connectivity index (χ0) is 13.6. The van der Waals surface area contributed by atoms with Crippen LogP contribution in [0.25, 0.3) is 10.3 Å². The van der Waals surface area contributed by atoms with Gasteiger partial charge in [-0.15, -0.1) is 11.3 Å². The van der Waals surface area contributed by atoms with Gasteiger partial charge in [-0.3, -0.25) is 4.90 Å². The standard InChI is InChI=1S/C13H15N3O2S/c1-7-6-10-11(14-8(7)2)15-12(19-10)9-4-3-5-16(9)13(17)18/h6,9H,3-5H2,1-2H3,(H,17,18)/t9-/m1/s1. The van der Waals surface area contributed by atoms with Crippen LogP contribution in [0.2, 0.25) is 0 Å². The number of amides is 1. The molecule has 0 spiro atoms. The van der Waals surface area contributed by atoms with E-state index in [-0.39, 0.29) is 6.04 Å². The molecule has 0 aliphatic carbocycles. The summed E-state index contributed by atoms with van der Waals surface area (Å²) in [5.74, 6) is 0. The lowest BCUT2D eigenvalue weighted by Crippen LogP contribution is -2.28. The molecule has 0 unspecified atom stereocenters. The fourth-order valence-corrected chi connectivity index (χ4v) is 3.61. The van der Waals surface area contributed by atoms with Crippen molar-refractivity contribution in [1.29, 1.82) is 0 Å². The minimum atomic E-state index is -0.859. The lowest BCUT2D eigenvalue weighted by Gasteiger charge is -2.18. The number of carboxylic acid groups (broad SMARTS) is 1. The maximum atomic E-state index is 11.2. The van der Waals surface area contributed by atoms with Crippen LogP contribution in [0.3, 0.4) is 0 Å². The number of hydrogen-bond donors (Lipinski definition) is 1. The number of nitrogens with zero attached hydrogens (tertiary/aromatic N) is 3. The number of rotatable bonds is 1. The van der Waals surface area contributed by atoms with E-state index >= 15 is 0 Å². The molecule has 100 valence electrons. The first-order valence-electron chi connectivity index (χ1n) is 6.30. The molecule has 2 aromatic rings. The Morgan fingerprint density at radius 3 is 3.00 bits per heavy atom. The molecule has 1 aliphatic rings. The second kappa shape index (κ2) is 4.45. The first-order valence-corrected chi connectivity index (χ1v) is 7.12. The van der Waals surface area contributed by atoms with Gasteiger partial charge in [0.05, 0.1) is 10.7 Å². The van der Waals surface area contributed by atoms with Gasteiger partial charge in [0.15, 0.2) is 5.65 Å². The lowest BCUT2D eigenvalue weighted by atomic mass is 10.2. The molecule has 1 amide bonds.